The number of para-hydroxylation sites is 1. The lowest BCUT2D eigenvalue weighted by Crippen LogP contribution is -2.99. The summed E-state index contributed by atoms with van der Waals surface area (Å²) in [6.45, 7) is 8.22. The van der Waals surface area contributed by atoms with E-state index < -0.39 is 46.9 Å². The fourth-order valence-corrected chi connectivity index (χ4v) is 2.47. The standard InChI is InChI=1S/C19H28N2O8/c1-6-11(2)14(16(22)23)20-18(25)28-15(17(24)29-19(3,4)5)12-9-7-8-10-13(12)21(26)27/h7-11,14-15,21,26H,6H2,1-5H3,(H,20,25)(H,22,23)/t11-,14-,15?/m0/s1. The molecule has 0 saturated carbocycles. The topological polar surface area (TPSA) is 150 Å². The van der Waals surface area contributed by atoms with Crippen LogP contribution in [-0.2, 0) is 19.1 Å². The Morgan fingerprint density at radius 2 is 1.83 bits per heavy atom. The number of quaternary nitrogens is 1. The summed E-state index contributed by atoms with van der Waals surface area (Å²) in [6, 6.07) is 4.30. The Kier molecular flexibility index (Phi) is 8.56. The molecule has 1 amide bonds. The zero-order valence-corrected chi connectivity index (χ0v) is 17.1. The van der Waals surface area contributed by atoms with E-state index in [0.29, 0.717) is 6.42 Å². The average molecular weight is 412 g/mol. The highest BCUT2D eigenvalue weighted by Gasteiger charge is 2.35. The Labute approximate surface area is 168 Å². The third-order valence-corrected chi connectivity index (χ3v) is 4.07. The lowest BCUT2D eigenvalue weighted by atomic mass is 10.00. The van der Waals surface area contributed by atoms with Crippen LogP contribution in [0.3, 0.4) is 0 Å². The number of nitrogens with one attached hydrogen (secondary N) is 2. The van der Waals surface area contributed by atoms with Gasteiger partial charge in [0.1, 0.15) is 11.6 Å². The van der Waals surface area contributed by atoms with Gasteiger partial charge in [-0.15, -0.1) is 0 Å². The van der Waals surface area contributed by atoms with Gasteiger partial charge in [0.15, 0.2) is 5.69 Å². The predicted octanol–water partition coefficient (Wildman–Crippen LogP) is 1.70. The number of aliphatic carboxylic acids is 1. The van der Waals surface area contributed by atoms with Crippen LogP contribution in [-0.4, -0.2) is 40.0 Å². The highest BCUT2D eigenvalue weighted by molar-refractivity contribution is 5.84. The number of hydrogen-bond acceptors (Lipinski definition) is 7. The second-order valence-corrected chi connectivity index (χ2v) is 7.56. The molecule has 1 aromatic rings. The number of carboxylic acids is 1. The van der Waals surface area contributed by atoms with E-state index in [2.05, 4.69) is 5.32 Å². The van der Waals surface area contributed by atoms with Crippen molar-refractivity contribution in [3.05, 3.63) is 35.0 Å². The number of carbonyl (C=O) groups is 3. The predicted molar refractivity (Wildman–Crippen MR) is 101 cm³/mol. The molecule has 29 heavy (non-hydrogen) atoms. The minimum atomic E-state index is -1.69. The summed E-state index contributed by atoms with van der Waals surface area (Å²) in [5.74, 6) is -2.63. The van der Waals surface area contributed by atoms with Gasteiger partial charge >= 0.3 is 18.0 Å². The molecule has 0 heterocycles. The minimum Gasteiger partial charge on any atom is -0.595 e. The number of alkyl carbamates (subject to hydrolysis) is 1. The van der Waals surface area contributed by atoms with Gasteiger partial charge in [-0.05, 0) is 32.8 Å². The molecule has 0 aliphatic rings. The molecule has 1 rings (SSSR count). The Morgan fingerprint density at radius 1 is 1.24 bits per heavy atom. The maximum atomic E-state index is 12.6. The minimum absolute atomic E-state index is 0.0835. The Morgan fingerprint density at radius 3 is 2.31 bits per heavy atom. The van der Waals surface area contributed by atoms with E-state index in [1.807, 2.05) is 0 Å². The van der Waals surface area contributed by atoms with Crippen molar-refractivity contribution in [1.82, 2.24) is 5.32 Å². The third-order valence-electron chi connectivity index (χ3n) is 4.07. The first-order chi connectivity index (χ1) is 13.4. The molecule has 162 valence electrons. The highest BCUT2D eigenvalue weighted by atomic mass is 16.8. The molecule has 2 unspecified atom stereocenters. The van der Waals surface area contributed by atoms with E-state index in [-0.39, 0.29) is 11.3 Å². The SMILES string of the molecule is CC[C@H](C)[C@H](NC(=O)OC(C(=O)OC(C)(C)C)c1ccccc1[NH+]([O-])O)C(=O)O. The van der Waals surface area contributed by atoms with Crippen molar-refractivity contribution in [3.8, 4) is 0 Å². The number of amides is 1. The Balaban J connectivity index is 3.21. The van der Waals surface area contributed by atoms with Crippen molar-refractivity contribution in [1.29, 1.82) is 0 Å². The molecular formula is C19H28N2O8. The molecule has 0 aromatic heterocycles. The van der Waals surface area contributed by atoms with Gasteiger partial charge in [-0.25, -0.2) is 19.6 Å². The van der Waals surface area contributed by atoms with Crippen molar-refractivity contribution < 1.29 is 39.4 Å². The van der Waals surface area contributed by atoms with Gasteiger partial charge < -0.3 is 25.1 Å². The van der Waals surface area contributed by atoms with Crippen molar-refractivity contribution >= 4 is 23.7 Å². The second-order valence-electron chi connectivity index (χ2n) is 7.56. The fraction of sp³-hybridized carbons (Fsp3) is 0.526. The van der Waals surface area contributed by atoms with Gasteiger partial charge in [0.05, 0.1) is 5.56 Å². The van der Waals surface area contributed by atoms with Crippen LogP contribution in [0.5, 0.6) is 0 Å². The van der Waals surface area contributed by atoms with Crippen LogP contribution in [0.2, 0.25) is 0 Å². The number of rotatable bonds is 8. The summed E-state index contributed by atoms with van der Waals surface area (Å²) in [6.07, 6.45) is -2.38. The summed E-state index contributed by atoms with van der Waals surface area (Å²) < 4.78 is 10.4. The van der Waals surface area contributed by atoms with E-state index in [0.717, 1.165) is 0 Å². The fourth-order valence-electron chi connectivity index (χ4n) is 2.47. The summed E-state index contributed by atoms with van der Waals surface area (Å²) in [5, 5.41) is 31.1. The molecule has 0 fully saturated rings. The quantitative estimate of drug-likeness (QED) is 0.372. The molecular weight excluding hydrogens is 384 g/mol. The highest BCUT2D eigenvalue weighted by Crippen LogP contribution is 2.27. The second kappa shape index (κ2) is 10.2. The number of esters is 1. The Bertz CT molecular complexity index is 729. The normalized spacial score (nSPS) is 15.6. The summed E-state index contributed by atoms with van der Waals surface area (Å²) in [5.41, 5.74) is -1.25. The molecule has 0 aliphatic carbocycles. The number of hydrogen-bond donors (Lipinski definition) is 4. The smallest absolute Gasteiger partial charge is 0.409 e. The largest absolute Gasteiger partial charge is 0.595 e. The maximum Gasteiger partial charge on any atom is 0.409 e. The van der Waals surface area contributed by atoms with Gasteiger partial charge in [0, 0.05) is 6.07 Å². The molecule has 4 N–H and O–H groups in total. The first kappa shape index (κ1) is 24.3. The van der Waals surface area contributed by atoms with Gasteiger partial charge in [0.25, 0.3) is 0 Å². The molecule has 1 aromatic carbocycles. The molecule has 4 atom stereocenters. The lowest BCUT2D eigenvalue weighted by Gasteiger charge is -2.26. The average Bonchev–Trinajstić information content (AvgIpc) is 2.61. The molecule has 0 spiro atoms. The molecule has 0 radical (unpaired) electrons. The molecule has 0 aliphatic heterocycles. The van der Waals surface area contributed by atoms with E-state index in [4.69, 9.17) is 9.47 Å². The van der Waals surface area contributed by atoms with Gasteiger partial charge in [-0.3, -0.25) is 0 Å². The number of carbonyl (C=O) groups excluding carboxylic acids is 2. The summed E-state index contributed by atoms with van der Waals surface area (Å²) >= 11 is 0. The number of benzene rings is 1. The van der Waals surface area contributed by atoms with Crippen LogP contribution in [0, 0.1) is 11.1 Å². The van der Waals surface area contributed by atoms with E-state index in [9.17, 15) is 29.9 Å². The van der Waals surface area contributed by atoms with Crippen molar-refractivity contribution in [2.24, 2.45) is 5.92 Å². The first-order valence-corrected chi connectivity index (χ1v) is 9.12. The van der Waals surface area contributed by atoms with Crippen molar-refractivity contribution in [3.63, 3.8) is 0 Å². The first-order valence-electron chi connectivity index (χ1n) is 9.12. The summed E-state index contributed by atoms with van der Waals surface area (Å²) in [4.78, 5) is 36.4. The number of ether oxygens (including phenoxy) is 2. The van der Waals surface area contributed by atoms with Crippen LogP contribution in [0.4, 0.5) is 10.5 Å². The monoisotopic (exact) mass is 412 g/mol. The van der Waals surface area contributed by atoms with Crippen LogP contribution in [0.25, 0.3) is 0 Å². The zero-order valence-electron chi connectivity index (χ0n) is 17.1. The lowest BCUT2D eigenvalue weighted by molar-refractivity contribution is -0.991. The van der Waals surface area contributed by atoms with E-state index in [1.54, 1.807) is 34.6 Å². The van der Waals surface area contributed by atoms with Crippen LogP contribution in [0.15, 0.2) is 24.3 Å². The summed E-state index contributed by atoms with van der Waals surface area (Å²) in [7, 11) is 0. The molecule has 0 bridgehead atoms. The van der Waals surface area contributed by atoms with Crippen molar-refractivity contribution in [2.45, 2.75) is 58.8 Å². The zero-order chi connectivity index (χ0) is 22.4. The van der Waals surface area contributed by atoms with Crippen LogP contribution < -0.4 is 10.5 Å². The third kappa shape index (κ3) is 7.33. The van der Waals surface area contributed by atoms with Gasteiger partial charge in [-0.1, -0.05) is 32.4 Å². The number of carboxylic acid groups (broad SMARTS) is 1. The molecule has 0 saturated heterocycles. The van der Waals surface area contributed by atoms with Crippen LogP contribution in [0.1, 0.15) is 52.7 Å². The van der Waals surface area contributed by atoms with Crippen molar-refractivity contribution in [2.75, 3.05) is 0 Å². The maximum absolute atomic E-state index is 12.6. The molecule has 10 nitrogen and oxygen atoms in total. The molecule has 10 heteroatoms. The van der Waals surface area contributed by atoms with E-state index >= 15 is 0 Å². The van der Waals surface area contributed by atoms with Gasteiger partial charge in [0.2, 0.25) is 6.10 Å². The van der Waals surface area contributed by atoms with E-state index in [1.165, 1.54) is 24.3 Å². The Hall–Kier alpha value is -2.69. The van der Waals surface area contributed by atoms with Crippen LogP contribution >= 0.6 is 0 Å². The van der Waals surface area contributed by atoms with Gasteiger partial charge in [-0.2, -0.15) is 5.23 Å².